The van der Waals surface area contributed by atoms with Crippen LogP contribution in [-0.2, 0) is 10.2 Å². The number of carboxylic acid groups (broad SMARTS) is 1. The first-order valence-corrected chi connectivity index (χ1v) is 6.36. The lowest BCUT2D eigenvalue weighted by Gasteiger charge is -2.20. The van der Waals surface area contributed by atoms with Crippen molar-refractivity contribution in [2.45, 2.75) is 45.6 Å². The van der Waals surface area contributed by atoms with Crippen LogP contribution < -0.4 is 5.32 Å². The van der Waals surface area contributed by atoms with Crippen molar-refractivity contribution in [2.75, 3.05) is 6.54 Å². The Balaban J connectivity index is 2.59. The second-order valence-electron chi connectivity index (χ2n) is 5.69. The van der Waals surface area contributed by atoms with Gasteiger partial charge in [-0.2, -0.15) is 0 Å². The largest absolute Gasteiger partial charge is 0.481 e. The number of carboxylic acids is 1. The van der Waals surface area contributed by atoms with Gasteiger partial charge >= 0.3 is 5.97 Å². The van der Waals surface area contributed by atoms with E-state index in [4.69, 9.17) is 5.11 Å². The Kier molecular flexibility index (Phi) is 4.91. The fourth-order valence-corrected chi connectivity index (χ4v) is 1.79. The lowest BCUT2D eigenvalue weighted by atomic mass is 9.86. The molecule has 0 amide bonds. The molecule has 1 rings (SSSR count). The van der Waals surface area contributed by atoms with E-state index >= 15 is 0 Å². The molecule has 2 N–H and O–H groups in total. The number of carbonyl (C=O) groups is 1. The average Bonchev–Trinajstić information content (AvgIpc) is 2.27. The van der Waals surface area contributed by atoms with Crippen molar-refractivity contribution in [2.24, 2.45) is 0 Å². The highest BCUT2D eigenvalue weighted by molar-refractivity contribution is 5.66. The van der Waals surface area contributed by atoms with E-state index in [1.807, 2.05) is 6.92 Å². The van der Waals surface area contributed by atoms with Crippen molar-refractivity contribution in [3.63, 3.8) is 0 Å². The first-order chi connectivity index (χ1) is 8.30. The van der Waals surface area contributed by atoms with Crippen LogP contribution in [0.3, 0.4) is 0 Å². The van der Waals surface area contributed by atoms with Crippen LogP contribution in [0.15, 0.2) is 24.3 Å². The highest BCUT2D eigenvalue weighted by Crippen LogP contribution is 2.23. The van der Waals surface area contributed by atoms with Gasteiger partial charge in [0.2, 0.25) is 0 Å². The van der Waals surface area contributed by atoms with Gasteiger partial charge in [-0.1, -0.05) is 45.0 Å². The molecule has 0 bridgehead atoms. The van der Waals surface area contributed by atoms with Gasteiger partial charge in [0.1, 0.15) is 0 Å². The van der Waals surface area contributed by atoms with Crippen LogP contribution in [0.2, 0.25) is 0 Å². The van der Waals surface area contributed by atoms with E-state index in [-0.39, 0.29) is 17.9 Å². The van der Waals surface area contributed by atoms with Crippen LogP contribution in [-0.4, -0.2) is 17.6 Å². The zero-order valence-corrected chi connectivity index (χ0v) is 11.7. The van der Waals surface area contributed by atoms with E-state index in [1.165, 1.54) is 11.1 Å². The molecule has 1 atom stereocenters. The number of aliphatic carboxylic acids is 1. The molecule has 1 aromatic rings. The molecule has 0 saturated heterocycles. The Hall–Kier alpha value is -1.35. The van der Waals surface area contributed by atoms with E-state index in [9.17, 15) is 4.79 Å². The van der Waals surface area contributed by atoms with Gasteiger partial charge in [0.25, 0.3) is 0 Å². The molecule has 1 unspecified atom stereocenters. The number of hydrogen-bond acceptors (Lipinski definition) is 2. The maximum atomic E-state index is 10.4. The predicted molar refractivity (Wildman–Crippen MR) is 73.8 cm³/mol. The molecule has 3 nitrogen and oxygen atoms in total. The third-order valence-electron chi connectivity index (χ3n) is 3.07. The van der Waals surface area contributed by atoms with Crippen molar-refractivity contribution in [3.05, 3.63) is 35.4 Å². The third-order valence-corrected chi connectivity index (χ3v) is 3.07. The molecule has 0 fully saturated rings. The maximum Gasteiger partial charge on any atom is 0.304 e. The van der Waals surface area contributed by atoms with Gasteiger partial charge in [0.05, 0.1) is 6.42 Å². The topological polar surface area (TPSA) is 49.3 Å². The van der Waals surface area contributed by atoms with Crippen LogP contribution in [0.25, 0.3) is 0 Å². The number of nitrogens with one attached hydrogen (secondary N) is 1. The summed E-state index contributed by atoms with van der Waals surface area (Å²) in [5.74, 6) is -0.766. The summed E-state index contributed by atoms with van der Waals surface area (Å²) in [6, 6.07) is 8.69. The predicted octanol–water partition coefficient (Wildman–Crippen LogP) is 3.11. The molecular formula is C15H23NO2. The van der Waals surface area contributed by atoms with Gasteiger partial charge in [0, 0.05) is 12.6 Å². The van der Waals surface area contributed by atoms with Gasteiger partial charge in [0.15, 0.2) is 0 Å². The van der Waals surface area contributed by atoms with Crippen LogP contribution >= 0.6 is 0 Å². The average molecular weight is 249 g/mol. The molecule has 1 aromatic carbocycles. The summed E-state index contributed by atoms with van der Waals surface area (Å²) in [6.45, 7) is 9.12. The molecule has 0 aliphatic rings. The Bertz CT molecular complexity index is 390. The summed E-state index contributed by atoms with van der Waals surface area (Å²) in [5.41, 5.74) is 2.66. The van der Waals surface area contributed by atoms with E-state index in [0.29, 0.717) is 6.54 Å². The minimum Gasteiger partial charge on any atom is -0.481 e. The lowest BCUT2D eigenvalue weighted by molar-refractivity contribution is -0.136. The molecule has 0 spiro atoms. The Morgan fingerprint density at radius 3 is 2.28 bits per heavy atom. The quantitative estimate of drug-likeness (QED) is 0.843. The smallest absolute Gasteiger partial charge is 0.304 e. The van der Waals surface area contributed by atoms with E-state index in [0.717, 1.165) is 0 Å². The molecule has 0 saturated carbocycles. The first-order valence-electron chi connectivity index (χ1n) is 6.36. The Morgan fingerprint density at radius 1 is 1.28 bits per heavy atom. The maximum absolute atomic E-state index is 10.4. The molecule has 0 heterocycles. The standard InChI is InChI=1S/C15H23NO2/c1-11(16-10-9-14(17)18)12-5-7-13(8-6-12)15(2,3)4/h5-8,11,16H,9-10H2,1-4H3,(H,17,18). The van der Waals surface area contributed by atoms with Gasteiger partial charge in [-0.05, 0) is 23.5 Å². The van der Waals surface area contributed by atoms with Crippen molar-refractivity contribution in [3.8, 4) is 0 Å². The van der Waals surface area contributed by atoms with E-state index < -0.39 is 5.97 Å². The van der Waals surface area contributed by atoms with Crippen LogP contribution in [0.1, 0.15) is 51.3 Å². The van der Waals surface area contributed by atoms with Crippen LogP contribution in [0.5, 0.6) is 0 Å². The molecule has 0 aromatic heterocycles. The summed E-state index contributed by atoms with van der Waals surface area (Å²) in [7, 11) is 0. The molecule has 0 aliphatic carbocycles. The summed E-state index contributed by atoms with van der Waals surface area (Å²) >= 11 is 0. The van der Waals surface area contributed by atoms with Crippen molar-refractivity contribution in [1.29, 1.82) is 0 Å². The molecule has 18 heavy (non-hydrogen) atoms. The minimum absolute atomic E-state index is 0.157. The molecule has 100 valence electrons. The Morgan fingerprint density at radius 2 is 1.83 bits per heavy atom. The number of rotatable bonds is 5. The van der Waals surface area contributed by atoms with E-state index in [2.05, 4.69) is 50.4 Å². The fraction of sp³-hybridized carbons (Fsp3) is 0.533. The normalized spacial score (nSPS) is 13.3. The fourth-order valence-electron chi connectivity index (χ4n) is 1.79. The first kappa shape index (κ1) is 14.7. The third kappa shape index (κ3) is 4.49. The number of hydrogen-bond donors (Lipinski definition) is 2. The van der Waals surface area contributed by atoms with Crippen LogP contribution in [0, 0.1) is 0 Å². The second-order valence-corrected chi connectivity index (χ2v) is 5.69. The molecular weight excluding hydrogens is 226 g/mol. The second kappa shape index (κ2) is 6.01. The summed E-state index contributed by atoms with van der Waals surface area (Å²) in [5, 5.41) is 11.8. The zero-order valence-electron chi connectivity index (χ0n) is 11.7. The summed E-state index contributed by atoms with van der Waals surface area (Å²) in [6.07, 6.45) is 0.157. The van der Waals surface area contributed by atoms with Crippen molar-refractivity contribution < 1.29 is 9.90 Å². The lowest BCUT2D eigenvalue weighted by Crippen LogP contribution is -2.22. The summed E-state index contributed by atoms with van der Waals surface area (Å²) < 4.78 is 0. The SMILES string of the molecule is CC(NCCC(=O)O)c1ccc(C(C)(C)C)cc1. The van der Waals surface area contributed by atoms with Crippen LogP contribution in [0.4, 0.5) is 0 Å². The van der Waals surface area contributed by atoms with Gasteiger partial charge in [-0.3, -0.25) is 4.79 Å². The van der Waals surface area contributed by atoms with Gasteiger partial charge < -0.3 is 10.4 Å². The monoisotopic (exact) mass is 249 g/mol. The Labute approximate surface area is 109 Å². The van der Waals surface area contributed by atoms with Crippen molar-refractivity contribution >= 4 is 5.97 Å². The van der Waals surface area contributed by atoms with Crippen molar-refractivity contribution in [1.82, 2.24) is 5.32 Å². The molecule has 0 radical (unpaired) electrons. The molecule has 0 aliphatic heterocycles. The molecule has 3 heteroatoms. The summed E-state index contributed by atoms with van der Waals surface area (Å²) in [4.78, 5) is 10.4. The minimum atomic E-state index is -0.766. The van der Waals surface area contributed by atoms with E-state index in [1.54, 1.807) is 0 Å². The highest BCUT2D eigenvalue weighted by Gasteiger charge is 2.13. The van der Waals surface area contributed by atoms with Gasteiger partial charge in [-0.25, -0.2) is 0 Å². The zero-order chi connectivity index (χ0) is 13.8. The highest BCUT2D eigenvalue weighted by atomic mass is 16.4. The number of benzene rings is 1. The van der Waals surface area contributed by atoms with Gasteiger partial charge in [-0.15, -0.1) is 0 Å².